The van der Waals surface area contributed by atoms with Crippen LogP contribution in [-0.4, -0.2) is 21.3 Å². The van der Waals surface area contributed by atoms with Gasteiger partial charge in [0.25, 0.3) is 0 Å². The van der Waals surface area contributed by atoms with Crippen LogP contribution in [0, 0.1) is 0 Å². The van der Waals surface area contributed by atoms with Gasteiger partial charge in [0, 0.05) is 0 Å². The van der Waals surface area contributed by atoms with E-state index in [1.54, 1.807) is 32.7 Å². The van der Waals surface area contributed by atoms with E-state index in [1.807, 2.05) is 29.0 Å². The van der Waals surface area contributed by atoms with Crippen LogP contribution < -0.4 is 19.9 Å². The Balaban J connectivity index is 0.00000200. The van der Waals surface area contributed by atoms with Gasteiger partial charge in [0.1, 0.15) is 0 Å². The van der Waals surface area contributed by atoms with Crippen molar-refractivity contribution in [3.63, 3.8) is 0 Å². The normalized spacial score (nSPS) is 11.4. The van der Waals surface area contributed by atoms with Crippen LogP contribution in [0.5, 0.6) is 17.2 Å². The molecule has 1 heterocycles. The van der Waals surface area contributed by atoms with Crippen LogP contribution >= 0.6 is 23.7 Å². The number of nitrogens with two attached hydrogens (primary N) is 1. The lowest BCUT2D eigenvalue weighted by Crippen LogP contribution is -2.11. The predicted molar refractivity (Wildman–Crippen MR) is 83.7 cm³/mol. The van der Waals surface area contributed by atoms with E-state index in [1.165, 1.54) is 0 Å². The van der Waals surface area contributed by atoms with Gasteiger partial charge >= 0.3 is 0 Å². The highest BCUT2D eigenvalue weighted by molar-refractivity contribution is 7.08. The minimum absolute atomic E-state index is 0. The van der Waals surface area contributed by atoms with Crippen molar-refractivity contribution in [2.75, 3.05) is 21.3 Å². The molecule has 0 fully saturated rings. The molecule has 0 saturated heterocycles. The molecule has 110 valence electrons. The highest BCUT2D eigenvalue weighted by atomic mass is 35.5. The van der Waals surface area contributed by atoms with Crippen molar-refractivity contribution in [1.29, 1.82) is 0 Å². The summed E-state index contributed by atoms with van der Waals surface area (Å²) in [5.41, 5.74) is 8.25. The summed E-state index contributed by atoms with van der Waals surface area (Å²) < 4.78 is 16.0. The van der Waals surface area contributed by atoms with Gasteiger partial charge in [-0.2, -0.15) is 11.3 Å². The van der Waals surface area contributed by atoms with Crippen LogP contribution in [0.15, 0.2) is 29.0 Å². The number of rotatable bonds is 5. The minimum atomic E-state index is -0.208. The molecular formula is C14H18ClNO3S. The first-order valence-electron chi connectivity index (χ1n) is 5.78. The molecule has 0 unspecified atom stereocenters. The maximum atomic E-state index is 6.25. The molecule has 0 aliphatic carbocycles. The summed E-state index contributed by atoms with van der Waals surface area (Å²) >= 11 is 1.62. The SMILES string of the molecule is COc1cc([C@H](N)c2ccsc2)cc(OC)c1OC.Cl. The standard InChI is InChI=1S/C14H17NO3S.ClH/c1-16-11-6-10(7-12(17-2)14(11)18-3)13(15)9-4-5-19-8-9;/h4-8,13H,15H2,1-3H3;1H/t13-;/m1./s1. The van der Waals surface area contributed by atoms with Gasteiger partial charge in [0.15, 0.2) is 11.5 Å². The Hall–Kier alpha value is -1.43. The lowest BCUT2D eigenvalue weighted by Gasteiger charge is -2.17. The second-order valence-corrected chi connectivity index (χ2v) is 4.77. The fourth-order valence-corrected chi connectivity index (χ4v) is 2.62. The lowest BCUT2D eigenvalue weighted by molar-refractivity contribution is 0.323. The van der Waals surface area contributed by atoms with Crippen LogP contribution in [0.25, 0.3) is 0 Å². The molecule has 0 aliphatic rings. The van der Waals surface area contributed by atoms with Crippen molar-refractivity contribution >= 4 is 23.7 Å². The number of benzene rings is 1. The Morgan fingerprint density at radius 2 is 1.60 bits per heavy atom. The van der Waals surface area contributed by atoms with Gasteiger partial charge in [-0.3, -0.25) is 0 Å². The zero-order valence-electron chi connectivity index (χ0n) is 11.6. The maximum absolute atomic E-state index is 6.25. The van der Waals surface area contributed by atoms with Gasteiger partial charge in [-0.1, -0.05) is 0 Å². The first kappa shape index (κ1) is 16.6. The molecular weight excluding hydrogens is 298 g/mol. The Bertz CT molecular complexity index is 520. The van der Waals surface area contributed by atoms with Crippen LogP contribution in [0.3, 0.4) is 0 Å². The van der Waals surface area contributed by atoms with Gasteiger partial charge in [0.05, 0.1) is 27.4 Å². The van der Waals surface area contributed by atoms with Crippen LogP contribution in [0.2, 0.25) is 0 Å². The molecule has 0 bridgehead atoms. The summed E-state index contributed by atoms with van der Waals surface area (Å²) in [5.74, 6) is 1.80. The molecule has 0 amide bonds. The molecule has 0 spiro atoms. The molecule has 2 N–H and O–H groups in total. The number of methoxy groups -OCH3 is 3. The average Bonchev–Trinajstić information content (AvgIpc) is 2.98. The summed E-state index contributed by atoms with van der Waals surface area (Å²) in [4.78, 5) is 0. The molecule has 4 nitrogen and oxygen atoms in total. The molecule has 1 aromatic carbocycles. The Kier molecular flexibility index (Phi) is 6.13. The summed E-state index contributed by atoms with van der Waals surface area (Å²) in [6.07, 6.45) is 0. The summed E-state index contributed by atoms with van der Waals surface area (Å²) in [6.45, 7) is 0. The molecule has 2 rings (SSSR count). The molecule has 1 atom stereocenters. The molecule has 0 radical (unpaired) electrons. The van der Waals surface area contributed by atoms with Gasteiger partial charge in [-0.05, 0) is 40.1 Å². The van der Waals surface area contributed by atoms with Crippen LogP contribution in [0.4, 0.5) is 0 Å². The number of halogens is 1. The summed E-state index contributed by atoms with van der Waals surface area (Å²) in [5, 5.41) is 4.04. The van der Waals surface area contributed by atoms with E-state index < -0.39 is 0 Å². The Morgan fingerprint density at radius 3 is 2.00 bits per heavy atom. The molecule has 1 aromatic heterocycles. The van der Waals surface area contributed by atoms with E-state index in [9.17, 15) is 0 Å². The van der Waals surface area contributed by atoms with E-state index >= 15 is 0 Å². The molecule has 2 aromatic rings. The van der Waals surface area contributed by atoms with Crippen molar-refractivity contribution in [3.8, 4) is 17.2 Å². The fraction of sp³-hybridized carbons (Fsp3) is 0.286. The molecule has 20 heavy (non-hydrogen) atoms. The highest BCUT2D eigenvalue weighted by Crippen LogP contribution is 2.40. The van der Waals surface area contributed by atoms with Crippen molar-refractivity contribution in [2.24, 2.45) is 5.73 Å². The number of hydrogen-bond acceptors (Lipinski definition) is 5. The number of ether oxygens (including phenoxy) is 3. The van der Waals surface area contributed by atoms with Crippen molar-refractivity contribution in [1.82, 2.24) is 0 Å². The summed E-state index contributed by atoms with van der Waals surface area (Å²) in [6, 6.07) is 5.56. The smallest absolute Gasteiger partial charge is 0.203 e. The van der Waals surface area contributed by atoms with Gasteiger partial charge in [-0.15, -0.1) is 12.4 Å². The number of thiophene rings is 1. The second kappa shape index (κ2) is 7.38. The van der Waals surface area contributed by atoms with Crippen molar-refractivity contribution < 1.29 is 14.2 Å². The van der Waals surface area contributed by atoms with Crippen LogP contribution in [-0.2, 0) is 0 Å². The van der Waals surface area contributed by atoms with E-state index in [0.29, 0.717) is 17.2 Å². The average molecular weight is 316 g/mol. The first-order chi connectivity index (χ1) is 9.21. The van der Waals surface area contributed by atoms with E-state index in [0.717, 1.165) is 11.1 Å². The maximum Gasteiger partial charge on any atom is 0.203 e. The second-order valence-electron chi connectivity index (χ2n) is 3.99. The zero-order valence-corrected chi connectivity index (χ0v) is 13.2. The van der Waals surface area contributed by atoms with E-state index in [2.05, 4.69) is 0 Å². The Labute approximate surface area is 128 Å². The molecule has 6 heteroatoms. The Morgan fingerprint density at radius 1 is 1.00 bits per heavy atom. The van der Waals surface area contributed by atoms with Crippen molar-refractivity contribution in [3.05, 3.63) is 40.1 Å². The monoisotopic (exact) mass is 315 g/mol. The van der Waals surface area contributed by atoms with E-state index in [4.69, 9.17) is 19.9 Å². The quantitative estimate of drug-likeness (QED) is 0.920. The zero-order chi connectivity index (χ0) is 13.8. The molecule has 0 saturated carbocycles. The fourth-order valence-electron chi connectivity index (χ4n) is 1.93. The third-order valence-corrected chi connectivity index (χ3v) is 3.65. The minimum Gasteiger partial charge on any atom is -0.493 e. The third kappa shape index (κ3) is 3.17. The van der Waals surface area contributed by atoms with Gasteiger partial charge in [-0.25, -0.2) is 0 Å². The largest absolute Gasteiger partial charge is 0.493 e. The first-order valence-corrected chi connectivity index (χ1v) is 6.73. The van der Waals surface area contributed by atoms with E-state index in [-0.39, 0.29) is 18.4 Å². The third-order valence-electron chi connectivity index (χ3n) is 2.95. The summed E-state index contributed by atoms with van der Waals surface area (Å²) in [7, 11) is 4.77. The number of hydrogen-bond donors (Lipinski definition) is 1. The predicted octanol–water partition coefficient (Wildman–Crippen LogP) is 3.24. The topological polar surface area (TPSA) is 53.7 Å². The van der Waals surface area contributed by atoms with Gasteiger partial charge in [0.2, 0.25) is 5.75 Å². The van der Waals surface area contributed by atoms with Crippen molar-refractivity contribution in [2.45, 2.75) is 6.04 Å². The van der Waals surface area contributed by atoms with Gasteiger partial charge < -0.3 is 19.9 Å². The van der Waals surface area contributed by atoms with Crippen LogP contribution in [0.1, 0.15) is 17.2 Å². The molecule has 0 aliphatic heterocycles. The highest BCUT2D eigenvalue weighted by Gasteiger charge is 2.17. The lowest BCUT2D eigenvalue weighted by atomic mass is 10.0.